The number of carbonyl (C=O) groups is 7. The zero-order valence-corrected chi connectivity index (χ0v) is 47.6. The molecule has 0 aliphatic carbocycles. The number of allylic oxidation sites excluding steroid dienone is 6. The van der Waals surface area contributed by atoms with Gasteiger partial charge < -0.3 is 47.6 Å². The lowest BCUT2D eigenvalue weighted by molar-refractivity contribution is -0.401. The molecule has 2 atom stereocenters. The van der Waals surface area contributed by atoms with Gasteiger partial charge in [0.05, 0.1) is 5.41 Å². The highest BCUT2D eigenvalue weighted by atomic mass is 16.7. The Bertz CT molecular complexity index is 3060. The number of carbonyl (C=O) groups excluding carboxylic acids is 7. The smallest absolute Gasteiger partial charge is 0.333 e. The first-order valence-electron chi connectivity index (χ1n) is 28.0. The summed E-state index contributed by atoms with van der Waals surface area (Å²) in [4.78, 5) is 102. The maximum atomic E-state index is 14.1. The molecule has 3 aromatic carbocycles. The minimum atomic E-state index is -1.22. The molecule has 2 unspecified atom stereocenters. The Morgan fingerprint density at radius 2 is 1.43 bits per heavy atom. The van der Waals surface area contributed by atoms with Crippen LogP contribution in [0.15, 0.2) is 119 Å². The van der Waals surface area contributed by atoms with E-state index in [1.54, 1.807) is 0 Å². The average molecular weight is 1120 g/mol. The lowest BCUT2D eigenvalue weighted by atomic mass is 9.81. The Morgan fingerprint density at radius 3 is 2.13 bits per heavy atom. The quantitative estimate of drug-likeness (QED) is 0.00728. The highest BCUT2D eigenvalue weighted by Crippen LogP contribution is 2.47. The molecule has 20 nitrogen and oxygen atoms in total. The maximum absolute atomic E-state index is 14.1. The molecule has 1 saturated heterocycles. The van der Waals surface area contributed by atoms with Crippen LogP contribution in [-0.4, -0.2) is 108 Å². The van der Waals surface area contributed by atoms with Gasteiger partial charge in [0.2, 0.25) is 23.4 Å². The van der Waals surface area contributed by atoms with Gasteiger partial charge in [0.15, 0.2) is 11.7 Å². The molecule has 3 heterocycles. The molecule has 8 N–H and O–H groups in total. The number of guanidine groups is 1. The van der Waals surface area contributed by atoms with E-state index in [0.29, 0.717) is 62.1 Å². The van der Waals surface area contributed by atoms with Crippen LogP contribution in [-0.2, 0) is 49.2 Å². The number of hydrogen-bond donors (Lipinski definition) is 6. The van der Waals surface area contributed by atoms with E-state index in [-0.39, 0.29) is 92.2 Å². The molecule has 6 amide bonds. The van der Waals surface area contributed by atoms with Gasteiger partial charge in [0.25, 0.3) is 17.7 Å². The third kappa shape index (κ3) is 16.8. The van der Waals surface area contributed by atoms with Crippen molar-refractivity contribution in [3.8, 4) is 11.8 Å². The minimum absolute atomic E-state index is 0.0131. The largest absolute Gasteiger partial charge is 0.872 e. The zero-order valence-electron chi connectivity index (χ0n) is 47.6. The average Bonchev–Trinajstić information content (AvgIpc) is 4.20. The minimum Gasteiger partial charge on any atom is -0.872 e. The SMILES string of the molecule is C[N+]1=C(/C=C/C=C/C=C2/N(CCCC(=O)NCCCCC(NC(=O)/C(C#N)=C/c3ccc([O-])cc3)C(=O)NC(CCCN=C(N)N)C(=O)NCCCCCC(=O)ON3C(=O)CCC3=O)c3ccccc3C2(C)C)C(C)(C)c2ccccc21. The second-order valence-electron chi connectivity index (χ2n) is 21.5. The standard InChI is InChI=1S/C62H77N11O9/c1-61(2)45-20-11-13-24-49(45)71(5)51(61)26-8-6-9-27-52-62(3,4)46-21-12-14-25-50(46)72(52)39-19-28-53(75)66-36-17-15-22-48(69-57(79)43(41-63)40-42-30-32-44(74)33-31-42)59(81)70-47(23-18-38-68-60(64)65)58(80)67-37-16-7-10-29-56(78)82-73-54(76)34-35-55(73)77/h6,8-9,11-14,20-21,24-27,30-33,40,47-48H,7,10,15-19,22-23,28-29,34-39H2,1-5H3,(H8-,64,65,66,67,68,69,70,74,75,79,80,81). The van der Waals surface area contributed by atoms with Gasteiger partial charge in [-0.2, -0.15) is 9.84 Å². The second kappa shape index (κ2) is 29.6. The molecular formula is C62H77N11O9. The summed E-state index contributed by atoms with van der Waals surface area (Å²) >= 11 is 0. The fourth-order valence-corrected chi connectivity index (χ4v) is 10.4. The summed E-state index contributed by atoms with van der Waals surface area (Å²) in [6, 6.07) is 21.9. The summed E-state index contributed by atoms with van der Waals surface area (Å²) in [7, 11) is 2.10. The van der Waals surface area contributed by atoms with Crippen molar-refractivity contribution in [3.63, 3.8) is 0 Å². The summed E-state index contributed by atoms with van der Waals surface area (Å²) in [6.45, 7) is 10.1. The number of amides is 6. The van der Waals surface area contributed by atoms with E-state index < -0.39 is 47.6 Å². The van der Waals surface area contributed by atoms with Gasteiger partial charge in [-0.1, -0.05) is 99.2 Å². The van der Waals surface area contributed by atoms with Crippen molar-refractivity contribution in [3.05, 3.63) is 131 Å². The van der Waals surface area contributed by atoms with Crippen LogP contribution in [0.25, 0.3) is 6.08 Å². The Hall–Kier alpha value is -8.86. The number of anilines is 1. The van der Waals surface area contributed by atoms with Crippen molar-refractivity contribution < 1.29 is 48.1 Å². The molecule has 3 aliphatic heterocycles. The molecule has 20 heteroatoms. The van der Waals surface area contributed by atoms with E-state index in [2.05, 4.69) is 137 Å². The molecule has 0 saturated carbocycles. The van der Waals surface area contributed by atoms with Crippen molar-refractivity contribution in [2.24, 2.45) is 16.5 Å². The molecule has 0 bridgehead atoms. The number of fused-ring (bicyclic) bond motifs is 2. The number of para-hydroxylation sites is 2. The number of nitrogens with one attached hydrogen (secondary N) is 4. The first-order chi connectivity index (χ1) is 39.2. The van der Waals surface area contributed by atoms with Crippen molar-refractivity contribution in [1.82, 2.24) is 26.3 Å². The fourth-order valence-electron chi connectivity index (χ4n) is 10.4. The van der Waals surface area contributed by atoms with Crippen LogP contribution in [0.3, 0.4) is 0 Å². The van der Waals surface area contributed by atoms with Crippen molar-refractivity contribution >= 4 is 70.5 Å². The normalized spacial score (nSPS) is 16.4. The molecule has 0 aromatic heterocycles. The molecule has 6 rings (SSSR count). The van der Waals surface area contributed by atoms with Gasteiger partial charge in [0.1, 0.15) is 30.8 Å². The van der Waals surface area contributed by atoms with E-state index in [1.165, 1.54) is 52.9 Å². The third-order valence-corrected chi connectivity index (χ3v) is 14.8. The number of benzene rings is 3. The van der Waals surface area contributed by atoms with Crippen LogP contribution in [0.1, 0.15) is 128 Å². The number of hydrogen-bond acceptors (Lipinski definition) is 12. The van der Waals surface area contributed by atoms with Gasteiger partial charge in [-0.05, 0) is 94.6 Å². The first-order valence-corrected chi connectivity index (χ1v) is 28.0. The monoisotopic (exact) mass is 1120 g/mol. The molecule has 0 spiro atoms. The zero-order chi connectivity index (χ0) is 59.4. The van der Waals surface area contributed by atoms with Crippen molar-refractivity contribution in [1.29, 1.82) is 5.26 Å². The first kappa shape index (κ1) is 62.3. The Labute approximate surface area is 480 Å². The van der Waals surface area contributed by atoms with E-state index in [4.69, 9.17) is 16.3 Å². The van der Waals surface area contributed by atoms with E-state index in [9.17, 15) is 43.9 Å². The number of nitriles is 1. The van der Waals surface area contributed by atoms with E-state index in [1.807, 2.05) is 18.2 Å². The molecule has 434 valence electrons. The number of rotatable bonds is 29. The Kier molecular flexibility index (Phi) is 22.5. The molecule has 82 heavy (non-hydrogen) atoms. The van der Waals surface area contributed by atoms with Gasteiger partial charge in [0, 0.05) is 86.4 Å². The lowest BCUT2D eigenvalue weighted by Crippen LogP contribution is -2.54. The van der Waals surface area contributed by atoms with E-state index in [0.717, 1.165) is 11.4 Å². The molecular weight excluding hydrogens is 1040 g/mol. The van der Waals surface area contributed by atoms with Crippen LogP contribution < -0.4 is 42.7 Å². The van der Waals surface area contributed by atoms with Crippen LogP contribution in [0.5, 0.6) is 5.75 Å². The second-order valence-corrected chi connectivity index (χ2v) is 21.5. The van der Waals surface area contributed by atoms with Gasteiger partial charge in [-0.3, -0.25) is 33.8 Å². The topological polar surface area (TPSA) is 298 Å². The fraction of sp³-hybridized carbons (Fsp3) is 0.419. The van der Waals surface area contributed by atoms with Crippen molar-refractivity contribution in [2.45, 2.75) is 134 Å². The third-order valence-electron chi connectivity index (χ3n) is 14.8. The predicted molar refractivity (Wildman–Crippen MR) is 311 cm³/mol. The molecule has 3 aromatic rings. The van der Waals surface area contributed by atoms with Crippen LogP contribution in [0, 0.1) is 11.3 Å². The summed E-state index contributed by atoms with van der Waals surface area (Å²) in [5.41, 5.74) is 17.9. The highest BCUT2D eigenvalue weighted by Gasteiger charge is 2.43. The van der Waals surface area contributed by atoms with E-state index >= 15 is 0 Å². The van der Waals surface area contributed by atoms with Crippen LogP contribution in [0.4, 0.5) is 11.4 Å². The summed E-state index contributed by atoms with van der Waals surface area (Å²) in [5.74, 6) is -4.47. The van der Waals surface area contributed by atoms with Gasteiger partial charge in [-0.25, -0.2) is 4.79 Å². The number of hydroxylamine groups is 2. The number of imide groups is 1. The summed E-state index contributed by atoms with van der Waals surface area (Å²) in [5, 5.41) is 33.4. The molecule has 3 aliphatic rings. The molecule has 0 radical (unpaired) electrons. The number of nitrogens with two attached hydrogens (primary N) is 2. The van der Waals surface area contributed by atoms with Crippen molar-refractivity contribution in [2.75, 3.05) is 38.1 Å². The lowest BCUT2D eigenvalue weighted by Gasteiger charge is -2.27. The van der Waals surface area contributed by atoms with Crippen LogP contribution >= 0.6 is 0 Å². The summed E-state index contributed by atoms with van der Waals surface area (Å²) in [6.07, 6.45) is 15.2. The summed E-state index contributed by atoms with van der Waals surface area (Å²) < 4.78 is 2.25. The van der Waals surface area contributed by atoms with Gasteiger partial charge in [-0.15, -0.1) is 10.8 Å². The number of aliphatic imine (C=N–C) groups is 1. The predicted octanol–water partition coefficient (Wildman–Crippen LogP) is 5.54. The molecule has 1 fully saturated rings. The number of nitrogens with zero attached hydrogens (tertiary/aromatic N) is 5. The Morgan fingerprint density at radius 1 is 0.768 bits per heavy atom. The highest BCUT2D eigenvalue weighted by molar-refractivity contribution is 6.05. The Balaban J connectivity index is 1.03. The van der Waals surface area contributed by atoms with Gasteiger partial charge >= 0.3 is 5.97 Å². The maximum Gasteiger partial charge on any atom is 0.333 e. The number of unbranched alkanes of at least 4 members (excludes halogenated alkanes) is 3. The van der Waals surface area contributed by atoms with Crippen LogP contribution in [0.2, 0.25) is 0 Å².